The van der Waals surface area contributed by atoms with Crippen LogP contribution in [0.25, 0.3) is 0 Å². The maximum atomic E-state index is 12.3. The van der Waals surface area contributed by atoms with Gasteiger partial charge in [0.2, 0.25) is 11.7 Å². The van der Waals surface area contributed by atoms with Crippen LogP contribution in [0, 0.1) is 20.2 Å². The first-order chi connectivity index (χ1) is 15.8. The predicted molar refractivity (Wildman–Crippen MR) is 105 cm³/mol. The molecule has 0 rings (SSSR count). The number of carbonyl (C=O) groups is 5. The summed E-state index contributed by atoms with van der Waals surface area (Å²) in [6.07, 6.45) is -1.96. The van der Waals surface area contributed by atoms with E-state index in [9.17, 15) is 44.2 Å². The Bertz CT molecular complexity index is 774. The minimum Gasteiger partial charge on any atom is -0.480 e. The second kappa shape index (κ2) is 15.7. The van der Waals surface area contributed by atoms with Crippen LogP contribution in [-0.4, -0.2) is 82.8 Å². The van der Waals surface area contributed by atoms with E-state index in [0.717, 1.165) is 6.92 Å². The number of ketones is 1. The Labute approximate surface area is 191 Å². The van der Waals surface area contributed by atoms with Crippen molar-refractivity contribution >= 4 is 29.5 Å². The number of ether oxygens (including phenoxy) is 1. The summed E-state index contributed by atoms with van der Waals surface area (Å²) >= 11 is 0. The highest BCUT2D eigenvalue weighted by molar-refractivity contribution is 6.35. The molecule has 3 atom stereocenters. The average Bonchev–Trinajstić information content (AvgIpc) is 2.74. The zero-order valence-corrected chi connectivity index (χ0v) is 18.0. The van der Waals surface area contributed by atoms with Gasteiger partial charge < -0.3 is 35.9 Å². The molecule has 0 aliphatic carbocycles. The summed E-state index contributed by atoms with van der Waals surface area (Å²) in [4.78, 5) is 86.2. The van der Waals surface area contributed by atoms with Gasteiger partial charge in [-0.3, -0.25) is 19.2 Å². The minimum atomic E-state index is -1.65. The molecular weight excluding hydrogens is 470 g/mol. The average molecular weight is 495 g/mol. The topological polar surface area (TPSA) is 270 Å². The van der Waals surface area contributed by atoms with Crippen LogP contribution in [0.15, 0.2) is 0 Å². The number of rotatable bonds is 18. The lowest BCUT2D eigenvalue weighted by Gasteiger charge is -2.19. The Balaban J connectivity index is 4.81. The standard InChI is InChI=1S/C16H25N5O13/c1-9(22)14(24)19-12(3-2-6-18-13(23)5-4-11(17)15(25)26)16(27)32-7-10(34-21(30)31)8-33-20(28)29/h10-12H,2-8,17H2,1H3,(H,18,23)(H,19,24)(H,25,26)/t10-,11+,12+/m1/s1. The molecule has 192 valence electrons. The van der Waals surface area contributed by atoms with Crippen LogP contribution in [-0.2, 0) is 38.4 Å². The van der Waals surface area contributed by atoms with E-state index in [2.05, 4.69) is 20.3 Å². The summed E-state index contributed by atoms with van der Waals surface area (Å²) in [6.45, 7) is -0.829. The van der Waals surface area contributed by atoms with E-state index in [1.807, 2.05) is 0 Å². The van der Waals surface area contributed by atoms with E-state index in [1.54, 1.807) is 0 Å². The Hall–Kier alpha value is -4.09. The second-order valence-corrected chi connectivity index (χ2v) is 6.66. The number of Topliss-reactive ketones (excluding diaryl/α,β-unsaturated/α-hetero) is 1. The first kappa shape index (κ1) is 29.9. The lowest BCUT2D eigenvalue weighted by Crippen LogP contribution is -2.45. The zero-order chi connectivity index (χ0) is 26.3. The molecule has 0 aliphatic heterocycles. The maximum Gasteiger partial charge on any atom is 0.328 e. The molecule has 2 amide bonds. The number of nitrogens with zero attached hydrogens (tertiary/aromatic N) is 2. The third-order valence-corrected chi connectivity index (χ3v) is 3.91. The monoisotopic (exact) mass is 495 g/mol. The fourth-order valence-corrected chi connectivity index (χ4v) is 2.19. The van der Waals surface area contributed by atoms with E-state index in [4.69, 9.17) is 15.6 Å². The van der Waals surface area contributed by atoms with Gasteiger partial charge in [0, 0.05) is 19.9 Å². The van der Waals surface area contributed by atoms with Gasteiger partial charge in [-0.25, -0.2) is 4.79 Å². The molecular formula is C16H25N5O13. The molecule has 0 aromatic rings. The number of nitrogens with two attached hydrogens (primary N) is 1. The molecule has 18 nitrogen and oxygen atoms in total. The van der Waals surface area contributed by atoms with E-state index in [-0.39, 0.29) is 32.2 Å². The lowest BCUT2D eigenvalue weighted by molar-refractivity contribution is -0.790. The largest absolute Gasteiger partial charge is 0.480 e. The van der Waals surface area contributed by atoms with Crippen molar-refractivity contribution in [2.75, 3.05) is 19.8 Å². The predicted octanol–water partition coefficient (Wildman–Crippen LogP) is -2.52. The molecule has 0 aromatic heterocycles. The Kier molecular flexibility index (Phi) is 13.8. The van der Waals surface area contributed by atoms with E-state index >= 15 is 0 Å². The van der Waals surface area contributed by atoms with Gasteiger partial charge in [-0.15, -0.1) is 20.2 Å². The molecule has 0 fully saturated rings. The summed E-state index contributed by atoms with van der Waals surface area (Å²) in [7, 11) is 0. The quantitative estimate of drug-likeness (QED) is 0.0502. The van der Waals surface area contributed by atoms with Gasteiger partial charge in [0.15, 0.2) is 6.10 Å². The number of carboxylic acids is 1. The van der Waals surface area contributed by atoms with E-state index < -0.39 is 71.1 Å². The zero-order valence-electron chi connectivity index (χ0n) is 18.0. The third kappa shape index (κ3) is 14.1. The summed E-state index contributed by atoms with van der Waals surface area (Å²) in [6, 6.07) is -2.60. The fraction of sp³-hybridized carbons (Fsp3) is 0.688. The Morgan fingerprint density at radius 1 is 1.06 bits per heavy atom. The van der Waals surface area contributed by atoms with Crippen LogP contribution < -0.4 is 16.4 Å². The van der Waals surface area contributed by atoms with Crippen LogP contribution in [0.4, 0.5) is 0 Å². The highest BCUT2D eigenvalue weighted by atomic mass is 17.0. The number of hydrogen-bond donors (Lipinski definition) is 4. The van der Waals surface area contributed by atoms with E-state index in [0.29, 0.717) is 0 Å². The summed E-state index contributed by atoms with van der Waals surface area (Å²) < 4.78 is 4.79. The Morgan fingerprint density at radius 2 is 1.71 bits per heavy atom. The maximum absolute atomic E-state index is 12.3. The number of nitrogens with one attached hydrogen (secondary N) is 2. The second-order valence-electron chi connectivity index (χ2n) is 6.66. The van der Waals surface area contributed by atoms with Crippen LogP contribution in [0.1, 0.15) is 32.6 Å². The molecule has 0 spiro atoms. The van der Waals surface area contributed by atoms with Gasteiger partial charge in [-0.2, -0.15) is 0 Å². The van der Waals surface area contributed by atoms with Gasteiger partial charge in [0.05, 0.1) is 0 Å². The number of carboxylic acid groups (broad SMARTS) is 1. The van der Waals surface area contributed by atoms with Crippen molar-refractivity contribution in [2.24, 2.45) is 5.73 Å². The van der Waals surface area contributed by atoms with Gasteiger partial charge in [-0.05, 0) is 19.3 Å². The summed E-state index contributed by atoms with van der Waals surface area (Å²) in [5, 5.41) is 31.4. The molecule has 5 N–H and O–H groups in total. The van der Waals surface area contributed by atoms with E-state index in [1.165, 1.54) is 0 Å². The molecule has 18 heteroatoms. The van der Waals surface area contributed by atoms with Crippen LogP contribution >= 0.6 is 0 Å². The van der Waals surface area contributed by atoms with Crippen molar-refractivity contribution in [1.29, 1.82) is 0 Å². The van der Waals surface area contributed by atoms with Crippen molar-refractivity contribution in [1.82, 2.24) is 10.6 Å². The first-order valence-corrected chi connectivity index (χ1v) is 9.65. The van der Waals surface area contributed by atoms with Crippen molar-refractivity contribution in [3.63, 3.8) is 0 Å². The van der Waals surface area contributed by atoms with Gasteiger partial charge in [0.25, 0.3) is 16.1 Å². The lowest BCUT2D eigenvalue weighted by atomic mass is 10.1. The van der Waals surface area contributed by atoms with Crippen LogP contribution in [0.2, 0.25) is 0 Å². The molecule has 0 aliphatic rings. The van der Waals surface area contributed by atoms with Crippen LogP contribution in [0.3, 0.4) is 0 Å². The molecule has 34 heavy (non-hydrogen) atoms. The number of carbonyl (C=O) groups excluding carboxylic acids is 4. The highest BCUT2D eigenvalue weighted by Gasteiger charge is 2.26. The van der Waals surface area contributed by atoms with Crippen molar-refractivity contribution in [3.05, 3.63) is 20.2 Å². The number of esters is 1. The minimum absolute atomic E-state index is 0.00456. The number of hydrogen-bond acceptors (Lipinski definition) is 13. The molecule has 0 aromatic carbocycles. The fourth-order valence-electron chi connectivity index (χ4n) is 2.19. The summed E-state index contributed by atoms with van der Waals surface area (Å²) in [5.74, 6) is -4.94. The van der Waals surface area contributed by atoms with Gasteiger partial charge in [-0.1, -0.05) is 0 Å². The van der Waals surface area contributed by atoms with Crippen molar-refractivity contribution in [2.45, 2.75) is 50.8 Å². The molecule has 0 heterocycles. The third-order valence-electron chi connectivity index (χ3n) is 3.91. The van der Waals surface area contributed by atoms with Crippen molar-refractivity contribution < 1.29 is 53.7 Å². The normalized spacial score (nSPS) is 12.9. The SMILES string of the molecule is CC(=O)C(=O)N[C@@H](CCCNC(=O)CC[C@H](N)C(=O)O)C(=O)OC[C@H](CO[N+](=O)[O-])O[N+](=O)[O-]. The molecule has 0 saturated carbocycles. The highest BCUT2D eigenvalue weighted by Crippen LogP contribution is 2.04. The number of aliphatic carboxylic acids is 1. The molecule has 0 unspecified atom stereocenters. The van der Waals surface area contributed by atoms with Crippen LogP contribution in [0.5, 0.6) is 0 Å². The van der Waals surface area contributed by atoms with Gasteiger partial charge >= 0.3 is 11.9 Å². The number of amides is 2. The summed E-state index contributed by atoms with van der Waals surface area (Å²) in [5.41, 5.74) is 5.29. The molecule has 0 radical (unpaired) electrons. The molecule has 0 saturated heterocycles. The molecule has 0 bridgehead atoms. The first-order valence-electron chi connectivity index (χ1n) is 9.65. The van der Waals surface area contributed by atoms with Crippen molar-refractivity contribution in [3.8, 4) is 0 Å². The smallest absolute Gasteiger partial charge is 0.328 e. The Morgan fingerprint density at radius 3 is 2.24 bits per heavy atom. The van der Waals surface area contributed by atoms with Gasteiger partial charge in [0.1, 0.15) is 25.3 Å².